The molecule has 66 valence electrons. The van der Waals surface area contributed by atoms with E-state index in [9.17, 15) is 0 Å². The molecule has 1 fully saturated rings. The molecule has 12 heavy (non-hydrogen) atoms. The van der Waals surface area contributed by atoms with E-state index in [1.165, 1.54) is 6.42 Å². The lowest BCUT2D eigenvalue weighted by molar-refractivity contribution is 0.255. The fourth-order valence-corrected chi connectivity index (χ4v) is 1.87. The van der Waals surface area contributed by atoms with Gasteiger partial charge in [-0.05, 0) is 31.5 Å². The molecule has 1 aromatic heterocycles. The molecule has 0 spiro atoms. The van der Waals surface area contributed by atoms with Crippen LogP contribution in [-0.4, -0.2) is 22.9 Å². The summed E-state index contributed by atoms with van der Waals surface area (Å²) in [6, 6.07) is 2.59. The van der Waals surface area contributed by atoms with Crippen LogP contribution >= 0.6 is 0 Å². The normalized spacial score (nSPS) is 30.4. The van der Waals surface area contributed by atoms with E-state index in [-0.39, 0.29) is 0 Å². The quantitative estimate of drug-likeness (QED) is 0.674. The van der Waals surface area contributed by atoms with Crippen molar-refractivity contribution in [1.29, 1.82) is 0 Å². The number of rotatable bonds is 1. The maximum absolute atomic E-state index is 4.28. The number of hydrogen-bond acceptors (Lipinski definition) is 2. The Labute approximate surface area is 72.8 Å². The molecular weight excluding hydrogens is 150 g/mol. The molecule has 0 aliphatic carbocycles. The summed E-state index contributed by atoms with van der Waals surface area (Å²) >= 11 is 0. The largest absolute Gasteiger partial charge is 0.316 e. The van der Waals surface area contributed by atoms with Crippen LogP contribution in [0.1, 0.15) is 19.4 Å². The van der Waals surface area contributed by atoms with Crippen LogP contribution in [0.4, 0.5) is 0 Å². The summed E-state index contributed by atoms with van der Waals surface area (Å²) in [7, 11) is 0. The standard InChI is InChI=1S/C9H15N3/c1-8-7-10-5-3-9(8)12-6-2-4-11-12/h2,4,6,8-10H,3,5,7H2,1H3/t8-,9-/m0/s1. The average molecular weight is 165 g/mol. The molecule has 1 aromatic rings. The number of piperidine rings is 1. The molecule has 2 rings (SSSR count). The molecular formula is C9H15N3. The third-order valence-electron chi connectivity index (χ3n) is 2.60. The van der Waals surface area contributed by atoms with Crippen molar-refractivity contribution in [2.45, 2.75) is 19.4 Å². The Hall–Kier alpha value is -0.830. The van der Waals surface area contributed by atoms with Crippen molar-refractivity contribution in [3.8, 4) is 0 Å². The summed E-state index contributed by atoms with van der Waals surface area (Å²) in [5, 5.41) is 7.66. The van der Waals surface area contributed by atoms with E-state index in [0.717, 1.165) is 13.1 Å². The third kappa shape index (κ3) is 1.37. The fourth-order valence-electron chi connectivity index (χ4n) is 1.87. The summed E-state index contributed by atoms with van der Waals surface area (Å²) in [6.45, 7) is 4.51. The Bertz CT molecular complexity index is 230. The molecule has 0 radical (unpaired) electrons. The summed E-state index contributed by atoms with van der Waals surface area (Å²) in [4.78, 5) is 0. The van der Waals surface area contributed by atoms with E-state index in [4.69, 9.17) is 0 Å². The first-order valence-electron chi connectivity index (χ1n) is 4.58. The summed E-state index contributed by atoms with van der Waals surface area (Å²) in [6.07, 6.45) is 5.12. The van der Waals surface area contributed by atoms with Crippen molar-refractivity contribution in [2.75, 3.05) is 13.1 Å². The van der Waals surface area contributed by atoms with Gasteiger partial charge in [-0.2, -0.15) is 5.10 Å². The smallest absolute Gasteiger partial charge is 0.0568 e. The predicted octanol–water partition coefficient (Wildman–Crippen LogP) is 1.05. The molecule has 3 nitrogen and oxygen atoms in total. The predicted molar refractivity (Wildman–Crippen MR) is 47.9 cm³/mol. The van der Waals surface area contributed by atoms with Crippen molar-refractivity contribution in [1.82, 2.24) is 15.1 Å². The van der Waals surface area contributed by atoms with Crippen LogP contribution < -0.4 is 5.32 Å². The number of nitrogens with zero attached hydrogens (tertiary/aromatic N) is 2. The highest BCUT2D eigenvalue weighted by atomic mass is 15.3. The Morgan fingerprint density at radius 3 is 3.17 bits per heavy atom. The number of aromatic nitrogens is 2. The molecule has 3 heteroatoms. The average Bonchev–Trinajstić information content (AvgIpc) is 2.57. The molecule has 0 aromatic carbocycles. The van der Waals surface area contributed by atoms with Crippen molar-refractivity contribution in [3.63, 3.8) is 0 Å². The van der Waals surface area contributed by atoms with Crippen LogP contribution in [0, 0.1) is 5.92 Å². The zero-order valence-corrected chi connectivity index (χ0v) is 7.40. The van der Waals surface area contributed by atoms with E-state index >= 15 is 0 Å². The van der Waals surface area contributed by atoms with Crippen LogP contribution in [0.2, 0.25) is 0 Å². The SMILES string of the molecule is C[C@H]1CNCC[C@@H]1n1cccn1. The van der Waals surface area contributed by atoms with Gasteiger partial charge in [0, 0.05) is 12.4 Å². The first-order chi connectivity index (χ1) is 5.88. The minimum Gasteiger partial charge on any atom is -0.316 e. The maximum Gasteiger partial charge on any atom is 0.0568 e. The van der Waals surface area contributed by atoms with Gasteiger partial charge in [-0.1, -0.05) is 6.92 Å². The van der Waals surface area contributed by atoms with E-state index in [1.807, 2.05) is 12.3 Å². The highest BCUT2D eigenvalue weighted by Crippen LogP contribution is 2.22. The summed E-state index contributed by atoms with van der Waals surface area (Å²) in [5.74, 6) is 0.693. The van der Waals surface area contributed by atoms with Crippen LogP contribution in [0.3, 0.4) is 0 Å². The fraction of sp³-hybridized carbons (Fsp3) is 0.667. The van der Waals surface area contributed by atoms with Crippen LogP contribution in [-0.2, 0) is 0 Å². The molecule has 0 saturated carbocycles. The number of nitrogens with one attached hydrogen (secondary N) is 1. The highest BCUT2D eigenvalue weighted by molar-refractivity contribution is 4.86. The van der Waals surface area contributed by atoms with Gasteiger partial charge < -0.3 is 5.32 Å². The lowest BCUT2D eigenvalue weighted by atomic mass is 9.96. The number of hydrogen-bond donors (Lipinski definition) is 1. The third-order valence-corrected chi connectivity index (χ3v) is 2.60. The topological polar surface area (TPSA) is 29.9 Å². The van der Waals surface area contributed by atoms with Crippen LogP contribution in [0.5, 0.6) is 0 Å². The van der Waals surface area contributed by atoms with Crippen LogP contribution in [0.15, 0.2) is 18.5 Å². The second-order valence-corrected chi connectivity index (χ2v) is 3.52. The Kier molecular flexibility index (Phi) is 2.13. The van der Waals surface area contributed by atoms with Gasteiger partial charge in [0.15, 0.2) is 0 Å². The van der Waals surface area contributed by atoms with E-state index in [0.29, 0.717) is 12.0 Å². The van der Waals surface area contributed by atoms with Gasteiger partial charge in [0.05, 0.1) is 6.04 Å². The van der Waals surface area contributed by atoms with Crippen molar-refractivity contribution in [2.24, 2.45) is 5.92 Å². The van der Waals surface area contributed by atoms with Gasteiger partial charge in [-0.15, -0.1) is 0 Å². The van der Waals surface area contributed by atoms with Gasteiger partial charge in [0.1, 0.15) is 0 Å². The Balaban J connectivity index is 2.11. The highest BCUT2D eigenvalue weighted by Gasteiger charge is 2.22. The zero-order chi connectivity index (χ0) is 8.39. The second-order valence-electron chi connectivity index (χ2n) is 3.52. The minimum atomic E-state index is 0.598. The first kappa shape index (κ1) is 7.80. The molecule has 2 atom stereocenters. The Morgan fingerprint density at radius 2 is 2.50 bits per heavy atom. The van der Waals surface area contributed by atoms with E-state index in [1.54, 1.807) is 0 Å². The Morgan fingerprint density at radius 1 is 1.58 bits per heavy atom. The molecule has 1 aliphatic rings. The molecule has 0 amide bonds. The lowest BCUT2D eigenvalue weighted by Gasteiger charge is -2.29. The van der Waals surface area contributed by atoms with Crippen molar-refractivity contribution < 1.29 is 0 Å². The minimum absolute atomic E-state index is 0.598. The molecule has 2 heterocycles. The van der Waals surface area contributed by atoms with Gasteiger partial charge in [-0.25, -0.2) is 0 Å². The summed E-state index contributed by atoms with van der Waals surface area (Å²) in [5.41, 5.74) is 0. The molecule has 0 unspecified atom stereocenters. The van der Waals surface area contributed by atoms with Crippen molar-refractivity contribution in [3.05, 3.63) is 18.5 Å². The molecule has 1 saturated heterocycles. The lowest BCUT2D eigenvalue weighted by Crippen LogP contribution is -2.36. The van der Waals surface area contributed by atoms with Gasteiger partial charge in [0.2, 0.25) is 0 Å². The van der Waals surface area contributed by atoms with Gasteiger partial charge in [-0.3, -0.25) is 4.68 Å². The monoisotopic (exact) mass is 165 g/mol. The molecule has 1 N–H and O–H groups in total. The van der Waals surface area contributed by atoms with Gasteiger partial charge >= 0.3 is 0 Å². The summed E-state index contributed by atoms with van der Waals surface area (Å²) < 4.78 is 2.09. The second kappa shape index (κ2) is 3.27. The van der Waals surface area contributed by atoms with Gasteiger partial charge in [0.25, 0.3) is 0 Å². The first-order valence-corrected chi connectivity index (χ1v) is 4.58. The maximum atomic E-state index is 4.28. The zero-order valence-electron chi connectivity index (χ0n) is 7.40. The molecule has 0 bridgehead atoms. The van der Waals surface area contributed by atoms with E-state index < -0.39 is 0 Å². The van der Waals surface area contributed by atoms with Crippen LogP contribution in [0.25, 0.3) is 0 Å². The van der Waals surface area contributed by atoms with Crippen molar-refractivity contribution >= 4 is 0 Å². The molecule has 1 aliphatic heterocycles. The van der Waals surface area contributed by atoms with E-state index in [2.05, 4.69) is 28.2 Å².